The van der Waals surface area contributed by atoms with E-state index in [1.807, 2.05) is 38.1 Å². The highest BCUT2D eigenvalue weighted by molar-refractivity contribution is 5.85. The first-order valence-electron chi connectivity index (χ1n) is 9.81. The predicted octanol–water partition coefficient (Wildman–Crippen LogP) is 5.90. The Morgan fingerprint density at radius 3 is 2.47 bits per heavy atom. The topological polar surface area (TPSA) is 27.6 Å². The number of aliphatic imine (C=N–C) groups is 1. The molecule has 2 aromatic rings. The average Bonchev–Trinajstić information content (AvgIpc) is 3.14. The molecule has 0 radical (unpaired) electrons. The fraction of sp³-hybridized carbons (Fsp3) is 0.261. The summed E-state index contributed by atoms with van der Waals surface area (Å²) in [6.45, 7) is 7.53. The quantitative estimate of drug-likeness (QED) is 0.497. The standard InChI is InChI=1S/C21H17F4N3.C2H6/c1-12-18(24)11-28(10-13-8-16(22)20(25)17(23)9-13)21(26-12)27-19-7-6-14-4-2-3-5-15(14)19;1-2/h2-5,8-9,11,19H,1,6-7,10H2,(H,26,27);1-2H3. The number of halogens is 4. The first kappa shape index (κ1) is 21.6. The molecular formula is C23H23F4N3. The van der Waals surface area contributed by atoms with Crippen LogP contribution in [0.5, 0.6) is 0 Å². The summed E-state index contributed by atoms with van der Waals surface area (Å²) in [5, 5.41) is 2.81. The maximum absolute atomic E-state index is 14.1. The second kappa shape index (κ2) is 9.15. The van der Waals surface area contributed by atoms with Crippen LogP contribution in [0.15, 0.2) is 65.7 Å². The van der Waals surface area contributed by atoms with Gasteiger partial charge in [-0.3, -0.25) is 0 Å². The van der Waals surface area contributed by atoms with E-state index in [1.165, 1.54) is 10.5 Å². The van der Waals surface area contributed by atoms with Crippen LogP contribution in [0.3, 0.4) is 0 Å². The molecule has 0 saturated carbocycles. The molecule has 2 aromatic carbocycles. The van der Waals surface area contributed by atoms with Crippen LogP contribution < -0.4 is 5.32 Å². The summed E-state index contributed by atoms with van der Waals surface area (Å²) in [5.74, 6) is -4.42. The van der Waals surface area contributed by atoms with Crippen LogP contribution in [-0.4, -0.2) is 10.9 Å². The first-order chi connectivity index (χ1) is 14.4. The van der Waals surface area contributed by atoms with E-state index in [-0.39, 0.29) is 23.8 Å². The van der Waals surface area contributed by atoms with Gasteiger partial charge in [-0.2, -0.15) is 0 Å². The minimum Gasteiger partial charge on any atom is -0.324 e. The molecule has 1 aliphatic heterocycles. The number of rotatable bonds is 3. The van der Waals surface area contributed by atoms with Crippen molar-refractivity contribution in [3.8, 4) is 0 Å². The van der Waals surface area contributed by atoms with E-state index in [9.17, 15) is 17.6 Å². The number of benzene rings is 2. The molecule has 1 atom stereocenters. The monoisotopic (exact) mass is 417 g/mol. The van der Waals surface area contributed by atoms with Crippen LogP contribution in [0.1, 0.15) is 43.0 Å². The van der Waals surface area contributed by atoms with Gasteiger partial charge in [-0.1, -0.05) is 44.7 Å². The molecule has 2 aliphatic rings. The zero-order valence-electron chi connectivity index (χ0n) is 16.9. The Morgan fingerprint density at radius 2 is 1.77 bits per heavy atom. The van der Waals surface area contributed by atoms with Gasteiger partial charge in [-0.25, -0.2) is 22.6 Å². The molecule has 0 bridgehead atoms. The molecule has 4 rings (SSSR count). The third kappa shape index (κ3) is 4.40. The number of fused-ring (bicyclic) bond motifs is 1. The number of allylic oxidation sites excluding steroid dienone is 1. The van der Waals surface area contributed by atoms with Crippen LogP contribution in [0.2, 0.25) is 0 Å². The van der Waals surface area contributed by atoms with Gasteiger partial charge < -0.3 is 10.2 Å². The van der Waals surface area contributed by atoms with E-state index in [4.69, 9.17) is 4.99 Å². The third-order valence-corrected chi connectivity index (χ3v) is 4.87. The maximum Gasteiger partial charge on any atom is 0.203 e. The van der Waals surface area contributed by atoms with Crippen LogP contribution in [-0.2, 0) is 13.0 Å². The summed E-state index contributed by atoms with van der Waals surface area (Å²) in [7, 11) is 0. The summed E-state index contributed by atoms with van der Waals surface area (Å²) in [5.41, 5.74) is 2.51. The number of nitrogens with one attached hydrogen (secondary N) is 1. The van der Waals surface area contributed by atoms with E-state index in [0.29, 0.717) is 5.96 Å². The van der Waals surface area contributed by atoms with Crippen molar-refractivity contribution in [1.82, 2.24) is 10.2 Å². The fourth-order valence-corrected chi connectivity index (χ4v) is 3.48. The largest absolute Gasteiger partial charge is 0.324 e. The number of hydrogen-bond donors (Lipinski definition) is 1. The lowest BCUT2D eigenvalue weighted by molar-refractivity contribution is 0.436. The van der Waals surface area contributed by atoms with Crippen molar-refractivity contribution in [3.05, 3.63) is 94.8 Å². The molecule has 3 nitrogen and oxygen atoms in total. The van der Waals surface area contributed by atoms with Crippen LogP contribution in [0, 0.1) is 17.5 Å². The molecule has 1 N–H and O–H groups in total. The zero-order chi connectivity index (χ0) is 21.8. The van der Waals surface area contributed by atoms with E-state index in [1.54, 1.807) is 0 Å². The van der Waals surface area contributed by atoms with Gasteiger partial charge in [0.25, 0.3) is 0 Å². The van der Waals surface area contributed by atoms with Gasteiger partial charge in [0.2, 0.25) is 5.96 Å². The Kier molecular flexibility index (Phi) is 6.59. The van der Waals surface area contributed by atoms with Gasteiger partial charge >= 0.3 is 0 Å². The molecule has 158 valence electrons. The molecule has 0 fully saturated rings. The minimum absolute atomic E-state index is 0.0535. The van der Waals surface area contributed by atoms with Crippen LogP contribution in [0.4, 0.5) is 17.6 Å². The molecular weight excluding hydrogens is 394 g/mol. The Bertz CT molecular complexity index is 990. The van der Waals surface area contributed by atoms with E-state index in [2.05, 4.69) is 11.9 Å². The second-order valence-corrected chi connectivity index (χ2v) is 6.79. The summed E-state index contributed by atoms with van der Waals surface area (Å²) >= 11 is 0. The lowest BCUT2D eigenvalue weighted by atomic mass is 10.1. The van der Waals surface area contributed by atoms with Crippen molar-refractivity contribution in [2.75, 3.05) is 0 Å². The Hall–Kier alpha value is -3.09. The maximum atomic E-state index is 14.1. The molecule has 30 heavy (non-hydrogen) atoms. The normalized spacial score (nSPS) is 19.1. The predicted molar refractivity (Wildman–Crippen MR) is 110 cm³/mol. The number of hydrogen-bond acceptors (Lipinski definition) is 1. The van der Waals surface area contributed by atoms with Gasteiger partial charge in [0, 0.05) is 6.20 Å². The van der Waals surface area contributed by atoms with Crippen molar-refractivity contribution < 1.29 is 17.6 Å². The fourth-order valence-electron chi connectivity index (χ4n) is 3.48. The Labute approximate surface area is 173 Å². The lowest BCUT2D eigenvalue weighted by Gasteiger charge is -2.29. The molecule has 1 aliphatic carbocycles. The highest BCUT2D eigenvalue weighted by Gasteiger charge is 2.26. The Morgan fingerprint density at radius 1 is 1.10 bits per heavy atom. The molecule has 1 heterocycles. The van der Waals surface area contributed by atoms with Crippen molar-refractivity contribution in [1.29, 1.82) is 0 Å². The number of guanidine groups is 1. The SMILES string of the molecule is C=C1NC(=NC2CCc3ccccc32)N(Cc2cc(F)c(F)c(F)c2)C=C1F.CC. The summed E-state index contributed by atoms with van der Waals surface area (Å²) < 4.78 is 54.4. The van der Waals surface area contributed by atoms with Gasteiger partial charge in [-0.05, 0) is 41.7 Å². The molecule has 7 heteroatoms. The van der Waals surface area contributed by atoms with Gasteiger partial charge in [-0.15, -0.1) is 0 Å². The van der Waals surface area contributed by atoms with E-state index in [0.717, 1.165) is 36.7 Å². The number of aryl methyl sites for hydroxylation is 1. The van der Waals surface area contributed by atoms with Crippen molar-refractivity contribution in [3.63, 3.8) is 0 Å². The van der Waals surface area contributed by atoms with Crippen LogP contribution >= 0.6 is 0 Å². The van der Waals surface area contributed by atoms with E-state index >= 15 is 0 Å². The summed E-state index contributed by atoms with van der Waals surface area (Å²) in [4.78, 5) is 6.10. The summed E-state index contributed by atoms with van der Waals surface area (Å²) in [6.07, 6.45) is 2.85. The molecule has 0 spiro atoms. The Balaban J connectivity index is 0.00000124. The van der Waals surface area contributed by atoms with Gasteiger partial charge in [0.1, 0.15) is 0 Å². The molecule has 1 unspecified atom stereocenters. The zero-order valence-corrected chi connectivity index (χ0v) is 16.9. The summed E-state index contributed by atoms with van der Waals surface area (Å²) in [6, 6.07) is 9.60. The van der Waals surface area contributed by atoms with Gasteiger partial charge in [0.15, 0.2) is 23.3 Å². The number of nitrogens with zero attached hydrogens (tertiary/aromatic N) is 2. The molecule has 0 aromatic heterocycles. The van der Waals surface area contributed by atoms with Crippen molar-refractivity contribution in [2.45, 2.75) is 39.3 Å². The first-order valence-corrected chi connectivity index (χ1v) is 9.81. The minimum atomic E-state index is -1.54. The van der Waals surface area contributed by atoms with E-state index < -0.39 is 23.3 Å². The van der Waals surface area contributed by atoms with Gasteiger partial charge in [0.05, 0.1) is 18.3 Å². The average molecular weight is 417 g/mol. The highest BCUT2D eigenvalue weighted by atomic mass is 19.2. The lowest BCUT2D eigenvalue weighted by Crippen LogP contribution is -2.41. The second-order valence-electron chi connectivity index (χ2n) is 6.79. The van der Waals surface area contributed by atoms with Crippen molar-refractivity contribution >= 4 is 5.96 Å². The molecule has 0 saturated heterocycles. The highest BCUT2D eigenvalue weighted by Crippen LogP contribution is 2.34. The van der Waals surface area contributed by atoms with Crippen molar-refractivity contribution in [2.24, 2.45) is 4.99 Å². The smallest absolute Gasteiger partial charge is 0.203 e. The van der Waals surface area contributed by atoms with Crippen LogP contribution in [0.25, 0.3) is 0 Å². The third-order valence-electron chi connectivity index (χ3n) is 4.87. The molecule has 0 amide bonds.